The number of epoxide rings is 2. The fourth-order valence-electron chi connectivity index (χ4n) is 5.08. The minimum atomic E-state index is -0.819. The molecular formula is C25H34N2O5. The molecule has 32 heavy (non-hydrogen) atoms. The lowest BCUT2D eigenvalue weighted by atomic mass is 9.70. The van der Waals surface area contributed by atoms with Gasteiger partial charge in [-0.3, -0.25) is 4.79 Å². The molecule has 2 heterocycles. The maximum atomic E-state index is 12.6. The van der Waals surface area contributed by atoms with Crippen LogP contribution < -0.4 is 11.1 Å². The highest BCUT2D eigenvalue weighted by Gasteiger charge is 2.68. The number of nitrogens with one attached hydrogen (secondary N) is 1. The average Bonchev–Trinajstić information content (AvgIpc) is 3.66. The summed E-state index contributed by atoms with van der Waals surface area (Å²) >= 11 is 0. The highest BCUT2D eigenvalue weighted by molar-refractivity contribution is 5.84. The Bertz CT molecular complexity index is 878. The summed E-state index contributed by atoms with van der Waals surface area (Å²) in [6.07, 6.45) is 5.00. The number of primary amides is 1. The molecule has 0 bridgehead atoms. The first kappa shape index (κ1) is 22.8. The van der Waals surface area contributed by atoms with Crippen molar-refractivity contribution in [3.05, 3.63) is 47.5 Å². The van der Waals surface area contributed by atoms with Crippen LogP contribution >= 0.6 is 0 Å². The van der Waals surface area contributed by atoms with Crippen molar-refractivity contribution in [3.8, 4) is 0 Å². The van der Waals surface area contributed by atoms with E-state index in [9.17, 15) is 9.59 Å². The third kappa shape index (κ3) is 4.99. The summed E-state index contributed by atoms with van der Waals surface area (Å²) < 4.78 is 17.8. The molecule has 0 unspecified atom stereocenters. The number of amides is 2. The molecule has 1 aromatic carbocycles. The highest BCUT2D eigenvalue weighted by Crippen LogP contribution is 2.59. The van der Waals surface area contributed by atoms with E-state index in [4.69, 9.17) is 19.9 Å². The van der Waals surface area contributed by atoms with Gasteiger partial charge in [0.1, 0.15) is 12.1 Å². The fourth-order valence-corrected chi connectivity index (χ4v) is 5.08. The Balaban J connectivity index is 1.34. The first-order valence-electron chi connectivity index (χ1n) is 11.5. The molecule has 1 aliphatic carbocycles. The molecule has 4 rings (SSSR count). The topological polar surface area (TPSA) is 106 Å². The van der Waals surface area contributed by atoms with Crippen LogP contribution in [0.15, 0.2) is 42.0 Å². The Morgan fingerprint density at radius 3 is 2.66 bits per heavy atom. The molecule has 1 saturated carbocycles. The number of rotatable bonds is 8. The first-order valence-corrected chi connectivity index (χ1v) is 11.5. The molecule has 174 valence electrons. The first-order chi connectivity index (χ1) is 15.2. The van der Waals surface area contributed by atoms with Crippen molar-refractivity contribution in [2.75, 3.05) is 6.61 Å². The molecule has 3 N–H and O–H groups in total. The van der Waals surface area contributed by atoms with Crippen LogP contribution in [-0.2, 0) is 25.4 Å². The summed E-state index contributed by atoms with van der Waals surface area (Å²) in [5.41, 5.74) is 7.31. The molecule has 0 radical (unpaired) electrons. The van der Waals surface area contributed by atoms with Crippen molar-refractivity contribution in [1.29, 1.82) is 0 Å². The lowest BCUT2D eigenvalue weighted by Crippen LogP contribution is -2.49. The van der Waals surface area contributed by atoms with Gasteiger partial charge >= 0.3 is 6.09 Å². The normalized spacial score (nSPS) is 33.8. The minimum Gasteiger partial charge on any atom is -0.446 e. The zero-order valence-electron chi connectivity index (χ0n) is 19.1. The summed E-state index contributed by atoms with van der Waals surface area (Å²) in [6, 6.07) is 8.64. The molecular weight excluding hydrogens is 408 g/mol. The van der Waals surface area contributed by atoms with Crippen molar-refractivity contribution in [2.24, 2.45) is 11.7 Å². The molecule has 1 aromatic rings. The third-order valence-corrected chi connectivity index (χ3v) is 7.14. The van der Waals surface area contributed by atoms with E-state index in [1.165, 1.54) is 5.57 Å². The number of allylic oxidation sites excluding steroid dienone is 1. The number of benzene rings is 1. The molecule has 0 aromatic heterocycles. The van der Waals surface area contributed by atoms with Gasteiger partial charge in [-0.15, -0.1) is 0 Å². The van der Waals surface area contributed by atoms with E-state index in [-0.39, 0.29) is 29.3 Å². The quantitative estimate of drug-likeness (QED) is 0.475. The third-order valence-electron chi connectivity index (χ3n) is 7.14. The largest absolute Gasteiger partial charge is 0.446 e. The molecule has 2 amide bonds. The van der Waals surface area contributed by atoms with Gasteiger partial charge < -0.3 is 25.3 Å². The standard InChI is InChI=1S/C25H34N2O5/c1-16(2)9-10-21-24(3,32-21)20-14-18(11-12-25(20)15-30-25)31-23(29)27-19(22(26)28)13-17-7-5-4-6-8-17/h4-9,18-21H,10-15H2,1-3H3,(H2,26,28)(H,27,29)/t18-,19+,20-,21-,24-,25+/m1/s1. The van der Waals surface area contributed by atoms with Gasteiger partial charge in [0.05, 0.1) is 23.9 Å². The summed E-state index contributed by atoms with van der Waals surface area (Å²) in [5.74, 6) is -0.410. The highest BCUT2D eigenvalue weighted by atomic mass is 16.6. The van der Waals surface area contributed by atoms with Crippen molar-refractivity contribution >= 4 is 12.0 Å². The number of carbonyl (C=O) groups is 2. The monoisotopic (exact) mass is 442 g/mol. The fraction of sp³-hybridized carbons (Fsp3) is 0.600. The van der Waals surface area contributed by atoms with Crippen molar-refractivity contribution < 1.29 is 23.8 Å². The van der Waals surface area contributed by atoms with Crippen LogP contribution in [-0.4, -0.2) is 48.1 Å². The van der Waals surface area contributed by atoms with E-state index in [1.54, 1.807) is 0 Å². The van der Waals surface area contributed by atoms with Crippen LogP contribution in [0.5, 0.6) is 0 Å². The van der Waals surface area contributed by atoms with E-state index in [2.05, 4.69) is 32.2 Å². The number of ether oxygens (including phenoxy) is 3. The van der Waals surface area contributed by atoms with E-state index in [0.717, 1.165) is 31.4 Å². The van der Waals surface area contributed by atoms with Crippen LogP contribution in [0.2, 0.25) is 0 Å². The van der Waals surface area contributed by atoms with E-state index in [0.29, 0.717) is 12.8 Å². The van der Waals surface area contributed by atoms with Crippen LogP contribution in [0.25, 0.3) is 0 Å². The van der Waals surface area contributed by atoms with E-state index >= 15 is 0 Å². The average molecular weight is 443 g/mol. The smallest absolute Gasteiger partial charge is 0.408 e. The molecule has 7 heteroatoms. The SMILES string of the molecule is CC(C)=CC[C@H]1O[C@]1(C)[C@H]1C[C@H](OC(=O)N[C@@H](Cc2ccccc2)C(N)=O)CC[C@]12CO2. The zero-order chi connectivity index (χ0) is 22.9. The summed E-state index contributed by atoms with van der Waals surface area (Å²) in [7, 11) is 0. The Hall–Kier alpha value is -2.38. The Morgan fingerprint density at radius 1 is 1.31 bits per heavy atom. The van der Waals surface area contributed by atoms with Crippen LogP contribution in [0, 0.1) is 5.92 Å². The second-order valence-electron chi connectivity index (χ2n) is 9.80. The maximum absolute atomic E-state index is 12.6. The minimum absolute atomic E-state index is 0.145. The molecule has 3 aliphatic rings. The molecule has 1 spiro atoms. The van der Waals surface area contributed by atoms with Crippen molar-refractivity contribution in [3.63, 3.8) is 0 Å². The van der Waals surface area contributed by atoms with Gasteiger partial charge in [0, 0.05) is 12.3 Å². The van der Waals surface area contributed by atoms with Crippen LogP contribution in [0.4, 0.5) is 4.79 Å². The van der Waals surface area contributed by atoms with Gasteiger partial charge in [-0.05, 0) is 52.0 Å². The number of hydrogen-bond acceptors (Lipinski definition) is 5. The van der Waals surface area contributed by atoms with Crippen molar-refractivity contribution in [2.45, 2.75) is 82.3 Å². The zero-order valence-corrected chi connectivity index (χ0v) is 19.1. The van der Waals surface area contributed by atoms with Crippen molar-refractivity contribution in [1.82, 2.24) is 5.32 Å². The van der Waals surface area contributed by atoms with Gasteiger partial charge in [0.25, 0.3) is 0 Å². The number of carbonyl (C=O) groups excluding carboxylic acids is 2. The van der Waals surface area contributed by atoms with E-state index in [1.807, 2.05) is 30.3 Å². The molecule has 3 fully saturated rings. The molecule has 2 aliphatic heterocycles. The Morgan fingerprint density at radius 2 is 2.03 bits per heavy atom. The summed E-state index contributed by atoms with van der Waals surface area (Å²) in [4.78, 5) is 24.5. The predicted octanol–water partition coefficient (Wildman–Crippen LogP) is 3.26. The molecule has 2 saturated heterocycles. The maximum Gasteiger partial charge on any atom is 0.408 e. The van der Waals surface area contributed by atoms with Gasteiger partial charge in [0.15, 0.2) is 0 Å². The lowest BCUT2D eigenvalue weighted by Gasteiger charge is -2.36. The second-order valence-corrected chi connectivity index (χ2v) is 9.80. The second kappa shape index (κ2) is 8.87. The van der Waals surface area contributed by atoms with Gasteiger partial charge in [-0.2, -0.15) is 0 Å². The molecule has 7 nitrogen and oxygen atoms in total. The van der Waals surface area contributed by atoms with Gasteiger partial charge in [0.2, 0.25) is 5.91 Å². The van der Waals surface area contributed by atoms with Gasteiger partial charge in [-0.25, -0.2) is 4.79 Å². The van der Waals surface area contributed by atoms with E-state index < -0.39 is 18.0 Å². The molecule has 6 atom stereocenters. The number of alkyl carbamates (subject to hydrolysis) is 1. The number of nitrogens with two attached hydrogens (primary N) is 1. The van der Waals surface area contributed by atoms with Crippen LogP contribution in [0.3, 0.4) is 0 Å². The van der Waals surface area contributed by atoms with Gasteiger partial charge in [-0.1, -0.05) is 42.0 Å². The lowest BCUT2D eigenvalue weighted by molar-refractivity contribution is -0.120. The summed E-state index contributed by atoms with van der Waals surface area (Å²) in [5, 5.41) is 2.65. The van der Waals surface area contributed by atoms with Crippen LogP contribution in [0.1, 0.15) is 52.0 Å². The Kier molecular flexibility index (Phi) is 6.32. The Labute approximate surface area is 189 Å². The number of hydrogen-bond donors (Lipinski definition) is 2. The predicted molar refractivity (Wildman–Crippen MR) is 120 cm³/mol. The summed E-state index contributed by atoms with van der Waals surface area (Å²) in [6.45, 7) is 7.07.